The Balaban J connectivity index is 2.22. The third-order valence-corrected chi connectivity index (χ3v) is 3.35. The van der Waals surface area contributed by atoms with Gasteiger partial charge in [0, 0.05) is 11.4 Å². The van der Waals surface area contributed by atoms with Crippen LogP contribution in [0.25, 0.3) is 0 Å². The van der Waals surface area contributed by atoms with Crippen LogP contribution in [0.1, 0.15) is 11.1 Å². The van der Waals surface area contributed by atoms with Gasteiger partial charge in [-0.1, -0.05) is 43.0 Å². The predicted octanol–water partition coefficient (Wildman–Crippen LogP) is 4.21. The van der Waals surface area contributed by atoms with Crippen LogP contribution in [0.3, 0.4) is 0 Å². The van der Waals surface area contributed by atoms with Crippen LogP contribution in [0.15, 0.2) is 70.9 Å². The minimum absolute atomic E-state index is 0.112. The summed E-state index contributed by atoms with van der Waals surface area (Å²) < 4.78 is 0. The lowest BCUT2D eigenvalue weighted by Gasteiger charge is -2.11. The Morgan fingerprint density at radius 1 is 0.917 bits per heavy atom. The van der Waals surface area contributed by atoms with Crippen molar-refractivity contribution in [3.05, 3.63) is 72.1 Å². The van der Waals surface area contributed by atoms with Gasteiger partial charge >= 0.3 is 0 Å². The first-order valence-corrected chi connectivity index (χ1v) is 7.76. The molecule has 0 saturated heterocycles. The molecule has 0 amide bonds. The first-order chi connectivity index (χ1) is 11.5. The number of nitrogens with zero attached hydrogens (tertiary/aromatic N) is 2. The predicted molar refractivity (Wildman–Crippen MR) is 104 cm³/mol. The monoisotopic (exact) mass is 341 g/mol. The van der Waals surface area contributed by atoms with Crippen molar-refractivity contribution in [1.29, 1.82) is 0 Å². The van der Waals surface area contributed by atoms with Crippen LogP contribution in [-0.2, 0) is 0 Å². The highest BCUT2D eigenvalue weighted by molar-refractivity contribution is 6.65. The average Bonchev–Trinajstić information content (AvgIpc) is 2.51. The first kappa shape index (κ1) is 17.6. The van der Waals surface area contributed by atoms with Gasteiger partial charge in [-0.25, -0.2) is 0 Å². The molecule has 0 aliphatic heterocycles. The summed E-state index contributed by atoms with van der Waals surface area (Å²) in [6.45, 7) is 7.89. The molecule has 0 aliphatic carbocycles. The molecule has 0 atom stereocenters. The van der Waals surface area contributed by atoms with Crippen LogP contribution in [0.4, 0.5) is 11.4 Å². The van der Waals surface area contributed by atoms with E-state index in [0.717, 1.165) is 22.5 Å². The SMILES string of the molecule is C=C(/N=C(\N=C(/N)Cl)Nc1ccccc1C)Nc1ccccc1C. The lowest BCUT2D eigenvalue weighted by Crippen LogP contribution is -2.16. The van der Waals surface area contributed by atoms with Crippen molar-refractivity contribution >= 4 is 34.2 Å². The number of anilines is 2. The van der Waals surface area contributed by atoms with E-state index in [1.165, 1.54) is 0 Å². The zero-order valence-electron chi connectivity index (χ0n) is 13.7. The molecule has 0 unspecified atom stereocenters. The second kappa shape index (κ2) is 8.17. The smallest absolute Gasteiger partial charge is 0.231 e. The molecule has 2 aromatic rings. The van der Waals surface area contributed by atoms with E-state index >= 15 is 0 Å². The highest BCUT2D eigenvalue weighted by Gasteiger charge is 2.04. The van der Waals surface area contributed by atoms with Gasteiger partial charge < -0.3 is 16.4 Å². The van der Waals surface area contributed by atoms with Gasteiger partial charge in [0.05, 0.1) is 0 Å². The molecule has 0 spiro atoms. The van der Waals surface area contributed by atoms with Crippen molar-refractivity contribution in [3.63, 3.8) is 0 Å². The van der Waals surface area contributed by atoms with E-state index in [9.17, 15) is 0 Å². The van der Waals surface area contributed by atoms with Crippen molar-refractivity contribution in [2.24, 2.45) is 15.7 Å². The Labute approximate surface area is 147 Å². The molecule has 4 N–H and O–H groups in total. The maximum absolute atomic E-state index is 5.70. The Morgan fingerprint density at radius 2 is 1.42 bits per heavy atom. The van der Waals surface area contributed by atoms with Gasteiger partial charge in [0.1, 0.15) is 5.82 Å². The lowest BCUT2D eigenvalue weighted by molar-refractivity contribution is 1.27. The number of nitrogens with two attached hydrogens (primary N) is 1. The largest absolute Gasteiger partial charge is 0.374 e. The van der Waals surface area contributed by atoms with Gasteiger partial charge in [0.15, 0.2) is 5.29 Å². The third-order valence-electron chi connectivity index (χ3n) is 3.27. The quantitative estimate of drug-likeness (QED) is 0.443. The van der Waals surface area contributed by atoms with E-state index in [0.29, 0.717) is 5.82 Å². The Bertz CT molecular complexity index is 792. The second-order valence-corrected chi connectivity index (χ2v) is 5.58. The normalized spacial score (nSPS) is 12.0. The molecule has 6 heteroatoms. The van der Waals surface area contributed by atoms with Crippen molar-refractivity contribution in [3.8, 4) is 0 Å². The van der Waals surface area contributed by atoms with Gasteiger partial charge in [0.25, 0.3) is 0 Å². The van der Waals surface area contributed by atoms with Gasteiger partial charge in [-0.15, -0.1) is 0 Å². The minimum Gasteiger partial charge on any atom is -0.374 e. The second-order valence-electron chi connectivity index (χ2n) is 5.20. The number of benzene rings is 2. The van der Waals surface area contributed by atoms with Crippen molar-refractivity contribution < 1.29 is 0 Å². The fraction of sp³-hybridized carbons (Fsp3) is 0.111. The summed E-state index contributed by atoms with van der Waals surface area (Å²) in [6, 6.07) is 15.6. The van der Waals surface area contributed by atoms with Crippen LogP contribution in [0, 0.1) is 13.8 Å². The number of hydrogen-bond donors (Lipinski definition) is 3. The highest BCUT2D eigenvalue weighted by atomic mass is 35.5. The molecule has 0 radical (unpaired) electrons. The third kappa shape index (κ3) is 5.14. The van der Waals surface area contributed by atoms with Gasteiger partial charge in [0.2, 0.25) is 5.96 Å². The zero-order chi connectivity index (χ0) is 17.5. The van der Waals surface area contributed by atoms with E-state index in [1.807, 2.05) is 62.4 Å². The molecule has 0 bridgehead atoms. The molecular formula is C18H20ClN5. The molecule has 0 heterocycles. The van der Waals surface area contributed by atoms with Crippen LogP contribution >= 0.6 is 11.6 Å². The standard InChI is InChI=1S/C18H20ClN5/c1-12-8-4-6-10-15(12)21-14(3)22-18(24-17(19)20)23-16-11-7-5-9-13(16)2/h4-11,21H,3H2,1-2H3,(H3,20,22,23,24). The van der Waals surface area contributed by atoms with Crippen LogP contribution in [-0.4, -0.2) is 11.3 Å². The number of halogens is 1. The molecule has 0 aliphatic rings. The fourth-order valence-corrected chi connectivity index (χ4v) is 2.12. The Morgan fingerprint density at radius 3 is 1.92 bits per heavy atom. The number of para-hydroxylation sites is 2. The lowest BCUT2D eigenvalue weighted by atomic mass is 10.2. The fourth-order valence-electron chi connectivity index (χ4n) is 2.04. The maximum atomic E-state index is 5.70. The molecule has 0 fully saturated rings. The number of aryl methyl sites for hydroxylation is 2. The van der Waals surface area contributed by atoms with E-state index in [4.69, 9.17) is 17.3 Å². The van der Waals surface area contributed by atoms with Crippen molar-refractivity contribution in [1.82, 2.24) is 0 Å². The summed E-state index contributed by atoms with van der Waals surface area (Å²) in [4.78, 5) is 8.35. The first-order valence-electron chi connectivity index (χ1n) is 7.38. The number of rotatable bonds is 4. The summed E-state index contributed by atoms with van der Waals surface area (Å²) in [7, 11) is 0. The number of hydrogen-bond acceptors (Lipinski definition) is 2. The Hall–Kier alpha value is -2.79. The van der Waals surface area contributed by atoms with Crippen LogP contribution < -0.4 is 16.4 Å². The summed E-state index contributed by atoms with van der Waals surface area (Å²) >= 11 is 5.70. The molecule has 124 valence electrons. The minimum atomic E-state index is -0.112. The number of aliphatic imine (C=N–C) groups is 2. The summed E-state index contributed by atoms with van der Waals surface area (Å²) in [6.07, 6.45) is 0. The van der Waals surface area contributed by atoms with E-state index < -0.39 is 0 Å². The molecule has 2 rings (SSSR count). The van der Waals surface area contributed by atoms with E-state index in [2.05, 4.69) is 27.2 Å². The average molecular weight is 342 g/mol. The van der Waals surface area contributed by atoms with Gasteiger partial charge in [-0.3, -0.25) is 0 Å². The van der Waals surface area contributed by atoms with Crippen LogP contribution in [0.2, 0.25) is 0 Å². The van der Waals surface area contributed by atoms with Crippen molar-refractivity contribution in [2.45, 2.75) is 13.8 Å². The summed E-state index contributed by atoms with van der Waals surface area (Å²) in [5.74, 6) is 0.671. The molecule has 5 nitrogen and oxygen atoms in total. The zero-order valence-corrected chi connectivity index (χ0v) is 14.4. The van der Waals surface area contributed by atoms with E-state index in [-0.39, 0.29) is 11.3 Å². The van der Waals surface area contributed by atoms with Crippen molar-refractivity contribution in [2.75, 3.05) is 10.6 Å². The Kier molecular flexibility index (Phi) is 5.98. The molecular weight excluding hydrogens is 322 g/mol. The van der Waals surface area contributed by atoms with Gasteiger partial charge in [-0.2, -0.15) is 9.98 Å². The number of amidine groups is 1. The number of nitrogens with one attached hydrogen (secondary N) is 2. The van der Waals surface area contributed by atoms with E-state index in [1.54, 1.807) is 0 Å². The molecule has 0 aromatic heterocycles. The molecule has 24 heavy (non-hydrogen) atoms. The maximum Gasteiger partial charge on any atom is 0.231 e. The van der Waals surface area contributed by atoms with Gasteiger partial charge in [-0.05, 0) is 48.7 Å². The summed E-state index contributed by atoms with van der Waals surface area (Å²) in [5, 5.41) is 6.13. The highest BCUT2D eigenvalue weighted by Crippen LogP contribution is 2.17. The molecule has 0 saturated carbocycles. The number of guanidine groups is 1. The van der Waals surface area contributed by atoms with Crippen LogP contribution in [0.5, 0.6) is 0 Å². The topological polar surface area (TPSA) is 74.8 Å². The molecule has 2 aromatic carbocycles. The summed E-state index contributed by atoms with van der Waals surface area (Å²) in [5.41, 5.74) is 9.40.